The highest BCUT2D eigenvalue weighted by molar-refractivity contribution is 14.1. The van der Waals surface area contributed by atoms with Gasteiger partial charge in [-0.2, -0.15) is 30.4 Å². The minimum atomic E-state index is -6.49. The molecule has 0 radical (unpaired) electrons. The van der Waals surface area contributed by atoms with Crippen LogP contribution < -0.4 is 5.32 Å². The fourth-order valence-electron chi connectivity index (χ4n) is 1.79. The van der Waals surface area contributed by atoms with Crippen molar-refractivity contribution in [3.63, 3.8) is 0 Å². The van der Waals surface area contributed by atoms with Crippen molar-refractivity contribution < 1.29 is 49.2 Å². The molecule has 1 atom stereocenters. The molecule has 0 saturated carbocycles. The van der Waals surface area contributed by atoms with Crippen molar-refractivity contribution in [1.82, 2.24) is 5.32 Å². The van der Waals surface area contributed by atoms with E-state index in [9.17, 15) is 40.0 Å². The van der Waals surface area contributed by atoms with Gasteiger partial charge in [0, 0.05) is 22.1 Å². The zero-order valence-corrected chi connectivity index (χ0v) is 16.6. The van der Waals surface area contributed by atoms with Crippen LogP contribution in [0.4, 0.5) is 22.0 Å². The SMILES string of the molecule is O=C(CCCNC(=O)c1ccc(I)cc1)OC(C(F)(F)F)C(F)(F)S(=O)(=O)O. The Morgan fingerprint density at radius 3 is 2.14 bits per heavy atom. The molecule has 1 aromatic carbocycles. The van der Waals surface area contributed by atoms with E-state index in [1.165, 1.54) is 12.1 Å². The van der Waals surface area contributed by atoms with Gasteiger partial charge in [-0.3, -0.25) is 14.1 Å². The monoisotopic (exact) mass is 545 g/mol. The van der Waals surface area contributed by atoms with Crippen molar-refractivity contribution >= 4 is 44.6 Å². The van der Waals surface area contributed by atoms with Crippen LogP contribution in [0, 0.1) is 3.57 Å². The summed E-state index contributed by atoms with van der Waals surface area (Å²) in [6.07, 6.45) is -11.4. The summed E-state index contributed by atoms with van der Waals surface area (Å²) in [5.41, 5.74) is 0.285. The number of rotatable bonds is 8. The molecule has 0 saturated heterocycles. The number of benzene rings is 1. The molecule has 1 amide bonds. The van der Waals surface area contributed by atoms with Crippen molar-refractivity contribution in [2.45, 2.75) is 30.4 Å². The van der Waals surface area contributed by atoms with E-state index in [0.717, 1.165) is 3.57 Å². The summed E-state index contributed by atoms with van der Waals surface area (Å²) in [6.45, 7) is -0.189. The molecule has 0 aliphatic rings. The fraction of sp³-hybridized carbons (Fsp3) is 0.429. The number of hydrogen-bond donors (Lipinski definition) is 2. The molecule has 1 aromatic rings. The zero-order valence-electron chi connectivity index (χ0n) is 13.7. The Labute approximate surface area is 169 Å². The van der Waals surface area contributed by atoms with Crippen molar-refractivity contribution in [1.29, 1.82) is 0 Å². The van der Waals surface area contributed by atoms with Gasteiger partial charge >= 0.3 is 27.5 Å². The molecule has 0 spiro atoms. The fourth-order valence-corrected chi connectivity index (χ4v) is 2.60. The van der Waals surface area contributed by atoms with Gasteiger partial charge in [-0.1, -0.05) is 0 Å². The van der Waals surface area contributed by atoms with Crippen LogP contribution >= 0.6 is 22.6 Å². The Bertz CT molecular complexity index is 813. The van der Waals surface area contributed by atoms with E-state index in [-0.39, 0.29) is 18.5 Å². The predicted octanol–water partition coefficient (Wildman–Crippen LogP) is 2.76. The number of halogens is 6. The first-order valence-corrected chi connectivity index (χ1v) is 9.83. The Kier molecular flexibility index (Phi) is 8.13. The van der Waals surface area contributed by atoms with E-state index in [1.807, 2.05) is 22.6 Å². The molecule has 28 heavy (non-hydrogen) atoms. The summed E-state index contributed by atoms with van der Waals surface area (Å²) in [5.74, 6) is -2.31. The minimum absolute atomic E-state index is 0.189. The number of amides is 1. The maximum Gasteiger partial charge on any atom is 0.432 e. The lowest BCUT2D eigenvalue weighted by atomic mass is 10.2. The standard InChI is InChI=1S/C14H13F5INO6S/c15-13(16,17)12(14(18,19)28(24,25)26)27-10(22)2-1-7-21-11(23)8-3-5-9(20)6-4-8/h3-6,12H,1-2,7H2,(H,21,23)(H,24,25,26). The van der Waals surface area contributed by atoms with Crippen LogP contribution in [-0.4, -0.2) is 48.9 Å². The molecular weight excluding hydrogens is 532 g/mol. The molecule has 7 nitrogen and oxygen atoms in total. The first-order valence-electron chi connectivity index (χ1n) is 7.31. The van der Waals surface area contributed by atoms with Crippen LogP contribution in [0.25, 0.3) is 0 Å². The predicted molar refractivity (Wildman–Crippen MR) is 93.2 cm³/mol. The third-order valence-electron chi connectivity index (χ3n) is 3.15. The Morgan fingerprint density at radius 2 is 1.68 bits per heavy atom. The van der Waals surface area contributed by atoms with Gasteiger partial charge in [0.1, 0.15) is 0 Å². The maximum absolute atomic E-state index is 13.3. The Hall–Kier alpha value is -1.55. The third-order valence-corrected chi connectivity index (χ3v) is 4.77. The van der Waals surface area contributed by atoms with Gasteiger partial charge in [-0.15, -0.1) is 0 Å². The quantitative estimate of drug-likeness (QED) is 0.171. The molecule has 0 aromatic heterocycles. The van der Waals surface area contributed by atoms with E-state index in [0.29, 0.717) is 0 Å². The van der Waals surface area contributed by atoms with E-state index < -0.39 is 46.0 Å². The zero-order chi connectivity index (χ0) is 21.8. The molecule has 14 heteroatoms. The largest absolute Gasteiger partial charge is 0.445 e. The number of ether oxygens (including phenoxy) is 1. The summed E-state index contributed by atoms with van der Waals surface area (Å²) in [5, 5.41) is -3.42. The summed E-state index contributed by atoms with van der Waals surface area (Å²) < 4.78 is 98.1. The maximum atomic E-state index is 13.3. The average Bonchev–Trinajstić information content (AvgIpc) is 2.54. The normalized spacial score (nSPS) is 13.7. The van der Waals surface area contributed by atoms with Crippen molar-refractivity contribution in [3.05, 3.63) is 33.4 Å². The second kappa shape index (κ2) is 9.30. The van der Waals surface area contributed by atoms with Gasteiger partial charge in [0.25, 0.3) is 12.0 Å². The van der Waals surface area contributed by atoms with Crippen LogP contribution in [-0.2, 0) is 19.6 Å². The smallest absolute Gasteiger partial charge is 0.432 e. The number of alkyl halides is 5. The highest BCUT2D eigenvalue weighted by Crippen LogP contribution is 2.38. The highest BCUT2D eigenvalue weighted by Gasteiger charge is 2.65. The summed E-state index contributed by atoms with van der Waals surface area (Å²) in [4.78, 5) is 23.2. The topological polar surface area (TPSA) is 110 Å². The second-order valence-electron chi connectivity index (χ2n) is 5.31. The molecule has 2 N–H and O–H groups in total. The van der Waals surface area contributed by atoms with E-state index >= 15 is 0 Å². The van der Waals surface area contributed by atoms with Gasteiger partial charge in [0.15, 0.2) is 0 Å². The Balaban J connectivity index is 2.60. The average molecular weight is 545 g/mol. The lowest BCUT2D eigenvalue weighted by molar-refractivity contribution is -0.259. The lowest BCUT2D eigenvalue weighted by Gasteiger charge is -2.26. The third kappa shape index (κ3) is 6.80. The number of nitrogens with one attached hydrogen (secondary N) is 1. The summed E-state index contributed by atoms with van der Waals surface area (Å²) in [6, 6.07) is 6.33. The van der Waals surface area contributed by atoms with Crippen LogP contribution in [0.5, 0.6) is 0 Å². The summed E-state index contributed by atoms with van der Waals surface area (Å²) >= 11 is 2.02. The van der Waals surface area contributed by atoms with Gasteiger partial charge in [0.05, 0.1) is 0 Å². The van der Waals surface area contributed by atoms with Gasteiger partial charge in [-0.25, -0.2) is 0 Å². The van der Waals surface area contributed by atoms with Crippen molar-refractivity contribution in [2.75, 3.05) is 6.54 Å². The van der Waals surface area contributed by atoms with E-state index in [2.05, 4.69) is 10.1 Å². The molecule has 1 unspecified atom stereocenters. The van der Waals surface area contributed by atoms with E-state index in [4.69, 9.17) is 4.55 Å². The molecule has 158 valence electrons. The molecule has 1 rings (SSSR count). The van der Waals surface area contributed by atoms with Crippen LogP contribution in [0.1, 0.15) is 23.2 Å². The molecule has 0 aliphatic heterocycles. The number of esters is 1. The lowest BCUT2D eigenvalue weighted by Crippen LogP contribution is -2.52. The molecule has 0 bridgehead atoms. The number of carbonyl (C=O) groups excluding carboxylic acids is 2. The number of hydrogen-bond acceptors (Lipinski definition) is 5. The second-order valence-corrected chi connectivity index (χ2v) is 8.05. The summed E-state index contributed by atoms with van der Waals surface area (Å²) in [7, 11) is -6.49. The van der Waals surface area contributed by atoms with Crippen molar-refractivity contribution in [2.24, 2.45) is 0 Å². The first-order chi connectivity index (χ1) is 12.7. The Morgan fingerprint density at radius 1 is 1.14 bits per heavy atom. The first kappa shape index (κ1) is 24.5. The van der Waals surface area contributed by atoms with Gasteiger partial charge in [0.2, 0.25) is 0 Å². The molecular formula is C14H13F5INO6S. The van der Waals surface area contributed by atoms with Gasteiger partial charge < -0.3 is 10.1 Å². The minimum Gasteiger partial charge on any atom is -0.445 e. The van der Waals surface area contributed by atoms with E-state index in [1.54, 1.807) is 12.1 Å². The highest BCUT2D eigenvalue weighted by atomic mass is 127. The molecule has 0 aliphatic carbocycles. The molecule has 0 fully saturated rings. The van der Waals surface area contributed by atoms with Gasteiger partial charge in [-0.05, 0) is 53.3 Å². The number of carbonyl (C=O) groups is 2. The van der Waals surface area contributed by atoms with Crippen molar-refractivity contribution in [3.8, 4) is 0 Å². The van der Waals surface area contributed by atoms with Crippen LogP contribution in [0.15, 0.2) is 24.3 Å². The van der Waals surface area contributed by atoms with Crippen LogP contribution in [0.2, 0.25) is 0 Å². The molecule has 0 heterocycles. The van der Waals surface area contributed by atoms with Crippen LogP contribution in [0.3, 0.4) is 0 Å².